The quantitative estimate of drug-likeness (QED) is 0.543. The van der Waals surface area contributed by atoms with Crippen LogP contribution in [0.3, 0.4) is 0 Å². The van der Waals surface area contributed by atoms with Gasteiger partial charge in [0.05, 0.1) is 18.4 Å². The summed E-state index contributed by atoms with van der Waals surface area (Å²) < 4.78 is 31.8. The smallest absolute Gasteiger partial charge is 0.340 e. The fourth-order valence-corrected chi connectivity index (χ4v) is 4.58. The lowest BCUT2D eigenvalue weighted by molar-refractivity contribution is -0.139. The van der Waals surface area contributed by atoms with E-state index in [1.165, 1.54) is 18.3 Å². The Morgan fingerprint density at radius 3 is 2.45 bits per heavy atom. The fourth-order valence-electron chi connectivity index (χ4n) is 3.04. The number of terminal acetylenes is 1. The molecule has 0 spiro atoms. The number of rotatable bonds is 6. The predicted octanol–water partition coefficient (Wildman–Crippen LogP) is 2.69. The summed E-state index contributed by atoms with van der Waals surface area (Å²) in [5.41, 5.74) is 7.85. The highest BCUT2D eigenvalue weighted by molar-refractivity contribution is 7.93. The third-order valence-electron chi connectivity index (χ3n) is 4.93. The first-order chi connectivity index (χ1) is 15.7. The van der Waals surface area contributed by atoms with E-state index >= 15 is 0 Å². The van der Waals surface area contributed by atoms with Crippen molar-refractivity contribution < 1.29 is 23.1 Å². The molecule has 0 amide bonds. The van der Waals surface area contributed by atoms with Crippen LogP contribution in [0.15, 0.2) is 71.9 Å². The lowest BCUT2D eigenvalue weighted by Crippen LogP contribution is -2.54. The molecular weight excluding hydrogens is 440 g/mol. The maximum absolute atomic E-state index is 13.4. The van der Waals surface area contributed by atoms with E-state index in [1.807, 2.05) is 0 Å². The number of carboxylic acid groups (broad SMARTS) is 1. The first kappa shape index (κ1) is 23.6. The first-order valence-corrected chi connectivity index (χ1v) is 11.1. The van der Waals surface area contributed by atoms with Crippen molar-refractivity contribution in [3.8, 4) is 41.1 Å². The lowest BCUT2D eigenvalue weighted by Gasteiger charge is -2.23. The molecule has 1 heterocycles. The molecule has 0 aliphatic rings. The maximum atomic E-state index is 13.4. The van der Waals surface area contributed by atoms with Crippen molar-refractivity contribution in [1.82, 2.24) is 4.98 Å². The highest BCUT2D eigenvalue weighted by Gasteiger charge is 2.49. The molecule has 3 N–H and O–H groups in total. The van der Waals surface area contributed by atoms with Crippen molar-refractivity contribution in [3.05, 3.63) is 78.1 Å². The molecular formula is C25H20N2O5S. The molecule has 7 nitrogen and oxygen atoms in total. The molecule has 0 aliphatic heterocycles. The topological polar surface area (TPSA) is 120 Å². The molecule has 166 valence electrons. The van der Waals surface area contributed by atoms with Crippen LogP contribution in [0.2, 0.25) is 0 Å². The number of aromatic nitrogens is 1. The number of pyridine rings is 1. The Kier molecular flexibility index (Phi) is 6.83. The summed E-state index contributed by atoms with van der Waals surface area (Å²) in [6.45, 7) is 0. The number of ether oxygens (including phenoxy) is 1. The Bertz CT molecular complexity index is 1380. The normalized spacial score (nSPS) is 12.5. The van der Waals surface area contributed by atoms with Gasteiger partial charge in [-0.25, -0.2) is 13.2 Å². The van der Waals surface area contributed by atoms with Crippen LogP contribution in [0.1, 0.15) is 17.5 Å². The number of sulfone groups is 1. The fraction of sp³-hybridized carbons (Fsp3) is 0.120. The van der Waals surface area contributed by atoms with Crippen LogP contribution in [0.5, 0.6) is 5.75 Å². The van der Waals surface area contributed by atoms with Crippen LogP contribution >= 0.6 is 0 Å². The number of carbonyl (C=O) groups is 1. The van der Waals surface area contributed by atoms with Gasteiger partial charge in [-0.05, 0) is 47.5 Å². The molecule has 8 heteroatoms. The van der Waals surface area contributed by atoms with Gasteiger partial charge >= 0.3 is 5.97 Å². The molecule has 33 heavy (non-hydrogen) atoms. The number of methoxy groups -OCH3 is 1. The van der Waals surface area contributed by atoms with Gasteiger partial charge in [-0.15, -0.1) is 6.42 Å². The maximum Gasteiger partial charge on any atom is 0.340 e. The zero-order valence-electron chi connectivity index (χ0n) is 17.6. The van der Waals surface area contributed by atoms with Gasteiger partial charge in [0.25, 0.3) is 0 Å². The van der Waals surface area contributed by atoms with E-state index in [1.54, 1.807) is 55.8 Å². The number of aliphatic carboxylic acids is 1. The molecule has 0 aliphatic carbocycles. The summed E-state index contributed by atoms with van der Waals surface area (Å²) in [7, 11) is -3.06. The monoisotopic (exact) mass is 460 g/mol. The first-order valence-electron chi connectivity index (χ1n) is 9.64. The Balaban J connectivity index is 2.02. The molecule has 0 saturated carbocycles. The number of hydrogen-bond donors (Lipinski definition) is 2. The predicted molar refractivity (Wildman–Crippen MR) is 124 cm³/mol. The molecule has 2 aromatic carbocycles. The minimum atomic E-state index is -4.61. The van der Waals surface area contributed by atoms with E-state index in [4.69, 9.17) is 16.9 Å². The molecule has 1 unspecified atom stereocenters. The van der Waals surface area contributed by atoms with Crippen LogP contribution in [-0.2, 0) is 14.6 Å². The van der Waals surface area contributed by atoms with Crippen LogP contribution in [-0.4, -0.2) is 36.5 Å². The number of nitrogens with zero attached hydrogens (tertiary/aromatic N) is 1. The van der Waals surface area contributed by atoms with Crippen molar-refractivity contribution >= 4 is 15.8 Å². The van der Waals surface area contributed by atoms with E-state index in [0.29, 0.717) is 16.9 Å². The summed E-state index contributed by atoms with van der Waals surface area (Å²) in [5, 5.41) is 9.72. The SMILES string of the molecule is C#Cc1cc(-c2ccc(OC)cc2)ccc1S(=O)(=O)C(N)(CC#Cc1cccnc1)C(=O)O. The van der Waals surface area contributed by atoms with Gasteiger partial charge < -0.3 is 15.6 Å². The standard InChI is InChI=1S/C25H20N2O5S/c1-3-19-16-21(20-8-11-22(32-2)12-9-20)10-13-23(19)33(30,31)25(26,24(28)29)14-4-6-18-7-5-15-27-17-18/h1,5,7-13,15-17H,14,26H2,2H3,(H,28,29). The van der Waals surface area contributed by atoms with Crippen molar-refractivity contribution in [2.45, 2.75) is 16.2 Å². The van der Waals surface area contributed by atoms with Gasteiger partial charge in [0, 0.05) is 23.5 Å². The highest BCUT2D eigenvalue weighted by Crippen LogP contribution is 2.31. The Morgan fingerprint density at radius 1 is 1.18 bits per heavy atom. The molecule has 3 aromatic rings. The van der Waals surface area contributed by atoms with Crippen molar-refractivity contribution in [3.63, 3.8) is 0 Å². The molecule has 1 atom stereocenters. The van der Waals surface area contributed by atoms with Gasteiger partial charge in [0.1, 0.15) is 5.75 Å². The van der Waals surface area contributed by atoms with Gasteiger partial charge in [0.15, 0.2) is 0 Å². The molecule has 1 aromatic heterocycles. The average molecular weight is 461 g/mol. The summed E-state index contributed by atoms with van der Waals surface area (Å²) in [6.07, 6.45) is 7.95. The van der Waals surface area contributed by atoms with E-state index < -0.39 is 27.1 Å². The van der Waals surface area contributed by atoms with Gasteiger partial charge in [0.2, 0.25) is 14.7 Å². The number of hydrogen-bond acceptors (Lipinski definition) is 6. The van der Waals surface area contributed by atoms with E-state index in [-0.39, 0.29) is 10.5 Å². The van der Waals surface area contributed by atoms with Crippen LogP contribution in [0.4, 0.5) is 0 Å². The van der Waals surface area contributed by atoms with Crippen LogP contribution < -0.4 is 10.5 Å². The second kappa shape index (κ2) is 9.58. The molecule has 3 rings (SSSR count). The van der Waals surface area contributed by atoms with Gasteiger partial charge in [-0.3, -0.25) is 4.98 Å². The highest BCUT2D eigenvalue weighted by atomic mass is 32.2. The van der Waals surface area contributed by atoms with E-state index in [9.17, 15) is 18.3 Å². The average Bonchev–Trinajstić information content (AvgIpc) is 2.84. The molecule has 0 saturated heterocycles. The van der Waals surface area contributed by atoms with Gasteiger partial charge in [-0.2, -0.15) is 0 Å². The minimum Gasteiger partial charge on any atom is -0.497 e. The number of nitrogens with two attached hydrogens (primary N) is 1. The van der Waals surface area contributed by atoms with Crippen LogP contribution in [0.25, 0.3) is 11.1 Å². The Morgan fingerprint density at radius 2 is 1.88 bits per heavy atom. The molecule has 0 bridgehead atoms. The summed E-state index contributed by atoms with van der Waals surface area (Å²) in [5.74, 6) is 6.49. The zero-order valence-corrected chi connectivity index (χ0v) is 18.5. The molecule has 0 radical (unpaired) electrons. The second-order valence-corrected chi connectivity index (χ2v) is 9.18. The Hall–Kier alpha value is -4.11. The Labute approximate surface area is 192 Å². The number of carboxylic acids is 1. The lowest BCUT2D eigenvalue weighted by atomic mass is 10.0. The van der Waals surface area contributed by atoms with E-state index in [2.05, 4.69) is 22.7 Å². The minimum absolute atomic E-state index is 0.000360. The third-order valence-corrected chi connectivity index (χ3v) is 7.15. The second-order valence-electron chi connectivity index (χ2n) is 7.00. The third kappa shape index (κ3) is 4.73. The van der Waals surface area contributed by atoms with Crippen molar-refractivity contribution in [2.75, 3.05) is 7.11 Å². The largest absolute Gasteiger partial charge is 0.497 e. The number of benzene rings is 2. The van der Waals surface area contributed by atoms with Crippen molar-refractivity contribution in [2.24, 2.45) is 5.73 Å². The van der Waals surface area contributed by atoms with Crippen molar-refractivity contribution in [1.29, 1.82) is 0 Å². The van der Waals surface area contributed by atoms with E-state index in [0.717, 1.165) is 5.56 Å². The summed E-state index contributed by atoms with van der Waals surface area (Å²) in [4.78, 5) is 12.8. The summed E-state index contributed by atoms with van der Waals surface area (Å²) >= 11 is 0. The summed E-state index contributed by atoms with van der Waals surface area (Å²) in [6, 6.07) is 14.7. The van der Waals surface area contributed by atoms with Gasteiger partial charge in [-0.1, -0.05) is 36.0 Å². The van der Waals surface area contributed by atoms with Crippen LogP contribution in [0, 0.1) is 24.2 Å². The zero-order chi connectivity index (χ0) is 24.1. The molecule has 0 fully saturated rings.